The van der Waals surface area contributed by atoms with E-state index in [9.17, 15) is 14.4 Å². The topological polar surface area (TPSA) is 75.7 Å². The van der Waals surface area contributed by atoms with Crippen LogP contribution in [0.3, 0.4) is 0 Å². The number of para-hydroxylation sites is 1. The zero-order valence-electron chi connectivity index (χ0n) is 15.1. The molecule has 0 aliphatic carbocycles. The molecule has 0 spiro atoms. The summed E-state index contributed by atoms with van der Waals surface area (Å²) in [7, 11) is 0. The first kappa shape index (κ1) is 19.2. The van der Waals surface area contributed by atoms with Crippen LogP contribution in [-0.4, -0.2) is 30.9 Å². The highest BCUT2D eigenvalue weighted by molar-refractivity contribution is 6.05. The number of rotatable bonds is 6. The summed E-state index contributed by atoms with van der Waals surface area (Å²) in [5.74, 6) is -1.16. The van der Waals surface area contributed by atoms with Crippen molar-refractivity contribution in [1.29, 1.82) is 0 Å². The van der Waals surface area contributed by atoms with Crippen LogP contribution in [0.2, 0.25) is 0 Å². The number of amides is 2. The summed E-state index contributed by atoms with van der Waals surface area (Å²) in [5.41, 5.74) is 2.32. The zero-order chi connectivity index (χ0) is 19.1. The first-order valence-electron chi connectivity index (χ1n) is 8.33. The minimum atomic E-state index is -0.509. The number of ether oxygens (including phenoxy) is 1. The number of nitrogens with one attached hydrogen (secondary N) is 1. The number of benzene rings is 2. The zero-order valence-corrected chi connectivity index (χ0v) is 15.1. The molecule has 0 bridgehead atoms. The summed E-state index contributed by atoms with van der Waals surface area (Å²) in [6, 6.07) is 13.9. The molecular weight excluding hydrogens is 332 g/mol. The molecule has 2 aromatic carbocycles. The van der Waals surface area contributed by atoms with Crippen molar-refractivity contribution < 1.29 is 19.1 Å². The monoisotopic (exact) mass is 354 g/mol. The minimum Gasteiger partial charge on any atom is -0.462 e. The van der Waals surface area contributed by atoms with Gasteiger partial charge in [-0.1, -0.05) is 29.8 Å². The molecule has 26 heavy (non-hydrogen) atoms. The Morgan fingerprint density at radius 1 is 1.04 bits per heavy atom. The molecule has 0 aliphatic rings. The molecule has 0 saturated heterocycles. The van der Waals surface area contributed by atoms with Crippen molar-refractivity contribution in [3.63, 3.8) is 0 Å². The molecule has 6 heteroatoms. The van der Waals surface area contributed by atoms with E-state index in [1.165, 1.54) is 11.8 Å². The Kier molecular flexibility index (Phi) is 6.49. The van der Waals surface area contributed by atoms with Crippen molar-refractivity contribution in [3.05, 3.63) is 59.7 Å². The lowest BCUT2D eigenvalue weighted by Gasteiger charge is -2.21. The Bertz CT molecular complexity index is 800. The van der Waals surface area contributed by atoms with Crippen molar-refractivity contribution in [2.45, 2.75) is 20.8 Å². The average molecular weight is 354 g/mol. The number of anilines is 2. The minimum absolute atomic E-state index is 0.157. The Morgan fingerprint density at radius 3 is 2.31 bits per heavy atom. The van der Waals surface area contributed by atoms with Gasteiger partial charge in [0.05, 0.1) is 17.9 Å². The Balaban J connectivity index is 2.15. The number of nitrogens with zero attached hydrogens (tertiary/aromatic N) is 1. The second kappa shape index (κ2) is 8.80. The lowest BCUT2D eigenvalue weighted by atomic mass is 10.1. The predicted molar refractivity (Wildman–Crippen MR) is 100 cm³/mol. The van der Waals surface area contributed by atoms with Gasteiger partial charge in [0.15, 0.2) is 0 Å². The fourth-order valence-corrected chi connectivity index (χ4v) is 2.42. The van der Waals surface area contributed by atoms with Gasteiger partial charge in [-0.2, -0.15) is 0 Å². The molecule has 2 rings (SSSR count). The van der Waals surface area contributed by atoms with Gasteiger partial charge in [0.25, 0.3) is 0 Å². The third-order valence-electron chi connectivity index (χ3n) is 3.72. The summed E-state index contributed by atoms with van der Waals surface area (Å²) >= 11 is 0. The third-order valence-corrected chi connectivity index (χ3v) is 3.72. The molecule has 0 atom stereocenters. The number of carbonyl (C=O) groups excluding carboxylic acids is 3. The van der Waals surface area contributed by atoms with Crippen molar-refractivity contribution in [2.75, 3.05) is 23.4 Å². The SMILES string of the molecule is CCOC(=O)c1ccccc1NC(=O)CN(C(C)=O)c1ccc(C)cc1. The van der Waals surface area contributed by atoms with Gasteiger partial charge in [-0.05, 0) is 38.1 Å². The van der Waals surface area contributed by atoms with Gasteiger partial charge in [-0.15, -0.1) is 0 Å². The highest BCUT2D eigenvalue weighted by Gasteiger charge is 2.18. The first-order chi connectivity index (χ1) is 12.4. The number of esters is 1. The van der Waals surface area contributed by atoms with Crippen LogP contribution < -0.4 is 10.2 Å². The summed E-state index contributed by atoms with van der Waals surface area (Å²) in [6.07, 6.45) is 0. The number of aryl methyl sites for hydroxylation is 1. The fourth-order valence-electron chi connectivity index (χ4n) is 2.42. The van der Waals surface area contributed by atoms with Gasteiger partial charge in [0, 0.05) is 12.6 Å². The van der Waals surface area contributed by atoms with Gasteiger partial charge in [0.1, 0.15) is 6.54 Å². The summed E-state index contributed by atoms with van der Waals surface area (Å²) < 4.78 is 5.00. The van der Waals surface area contributed by atoms with Crippen molar-refractivity contribution >= 4 is 29.2 Å². The van der Waals surface area contributed by atoms with Crippen molar-refractivity contribution in [3.8, 4) is 0 Å². The van der Waals surface area contributed by atoms with Crippen LogP contribution in [0.1, 0.15) is 29.8 Å². The van der Waals surface area contributed by atoms with Crippen LogP contribution in [-0.2, 0) is 14.3 Å². The fraction of sp³-hybridized carbons (Fsp3) is 0.250. The number of carbonyl (C=O) groups is 3. The molecule has 0 saturated carbocycles. The number of hydrogen-bond donors (Lipinski definition) is 1. The molecule has 0 radical (unpaired) electrons. The maximum absolute atomic E-state index is 12.4. The molecule has 2 aromatic rings. The van der Waals surface area contributed by atoms with Gasteiger partial charge in [0.2, 0.25) is 11.8 Å². The van der Waals surface area contributed by atoms with Crippen LogP contribution in [0.25, 0.3) is 0 Å². The third kappa shape index (κ3) is 4.92. The standard InChI is InChI=1S/C20H22N2O4/c1-4-26-20(25)17-7-5-6-8-18(17)21-19(24)13-22(15(3)23)16-11-9-14(2)10-12-16/h5-12H,4,13H2,1-3H3,(H,21,24). The van der Waals surface area contributed by atoms with E-state index in [0.717, 1.165) is 5.56 Å². The van der Waals surface area contributed by atoms with Crippen LogP contribution in [0, 0.1) is 6.92 Å². The van der Waals surface area contributed by atoms with E-state index in [1.807, 2.05) is 19.1 Å². The molecule has 0 unspecified atom stereocenters. The van der Waals surface area contributed by atoms with E-state index >= 15 is 0 Å². The van der Waals surface area contributed by atoms with E-state index < -0.39 is 11.9 Å². The molecule has 6 nitrogen and oxygen atoms in total. The highest BCUT2D eigenvalue weighted by atomic mass is 16.5. The highest BCUT2D eigenvalue weighted by Crippen LogP contribution is 2.18. The van der Waals surface area contributed by atoms with Crippen LogP contribution in [0.5, 0.6) is 0 Å². The van der Waals surface area contributed by atoms with E-state index in [4.69, 9.17) is 4.74 Å². The molecule has 2 amide bonds. The van der Waals surface area contributed by atoms with E-state index in [2.05, 4.69) is 5.32 Å². The summed E-state index contributed by atoms with van der Waals surface area (Å²) in [4.78, 5) is 37.8. The molecule has 0 aliphatic heterocycles. The van der Waals surface area contributed by atoms with Crippen LogP contribution in [0.15, 0.2) is 48.5 Å². The normalized spacial score (nSPS) is 10.1. The summed E-state index contributed by atoms with van der Waals surface area (Å²) in [5, 5.41) is 2.68. The summed E-state index contributed by atoms with van der Waals surface area (Å²) in [6.45, 7) is 5.15. The quantitative estimate of drug-likeness (QED) is 0.809. The van der Waals surface area contributed by atoms with E-state index in [-0.39, 0.29) is 24.6 Å². The smallest absolute Gasteiger partial charge is 0.340 e. The van der Waals surface area contributed by atoms with Crippen molar-refractivity contribution in [2.24, 2.45) is 0 Å². The van der Waals surface area contributed by atoms with Crippen LogP contribution >= 0.6 is 0 Å². The molecule has 0 aromatic heterocycles. The lowest BCUT2D eigenvalue weighted by Crippen LogP contribution is -2.36. The molecule has 0 heterocycles. The Hall–Kier alpha value is -3.15. The second-order valence-electron chi connectivity index (χ2n) is 5.75. The molecule has 1 N–H and O–H groups in total. The second-order valence-corrected chi connectivity index (χ2v) is 5.75. The van der Waals surface area contributed by atoms with Gasteiger partial charge >= 0.3 is 5.97 Å². The van der Waals surface area contributed by atoms with Crippen molar-refractivity contribution in [1.82, 2.24) is 0 Å². The van der Waals surface area contributed by atoms with E-state index in [1.54, 1.807) is 43.3 Å². The maximum atomic E-state index is 12.4. The number of hydrogen-bond acceptors (Lipinski definition) is 4. The lowest BCUT2D eigenvalue weighted by molar-refractivity contribution is -0.120. The van der Waals surface area contributed by atoms with Gasteiger partial charge in [-0.3, -0.25) is 9.59 Å². The Morgan fingerprint density at radius 2 is 1.69 bits per heavy atom. The largest absolute Gasteiger partial charge is 0.462 e. The predicted octanol–water partition coefficient (Wildman–Crippen LogP) is 3.16. The van der Waals surface area contributed by atoms with Gasteiger partial charge < -0.3 is 15.0 Å². The molecule has 0 fully saturated rings. The molecular formula is C20H22N2O4. The first-order valence-corrected chi connectivity index (χ1v) is 8.33. The maximum Gasteiger partial charge on any atom is 0.340 e. The molecule has 136 valence electrons. The average Bonchev–Trinajstić information content (AvgIpc) is 2.61. The van der Waals surface area contributed by atoms with Crippen LogP contribution in [0.4, 0.5) is 11.4 Å². The van der Waals surface area contributed by atoms with Gasteiger partial charge in [-0.25, -0.2) is 4.79 Å². The van der Waals surface area contributed by atoms with E-state index in [0.29, 0.717) is 11.4 Å². The Labute approximate surface area is 152 Å².